The van der Waals surface area contributed by atoms with Gasteiger partial charge in [-0.05, 0) is 58.5 Å². The molecule has 0 atom stereocenters. The SMILES string of the molecule is C1CCNC1.CC(C)(OO)C1CCCCC1. The van der Waals surface area contributed by atoms with Crippen LogP contribution < -0.4 is 5.32 Å². The van der Waals surface area contributed by atoms with Gasteiger partial charge in [-0.3, -0.25) is 5.26 Å². The summed E-state index contributed by atoms with van der Waals surface area (Å²) < 4.78 is 0. The van der Waals surface area contributed by atoms with E-state index in [4.69, 9.17) is 5.26 Å². The molecule has 1 aliphatic carbocycles. The predicted molar refractivity (Wildman–Crippen MR) is 66.5 cm³/mol. The fourth-order valence-electron chi connectivity index (χ4n) is 2.50. The summed E-state index contributed by atoms with van der Waals surface area (Å²) in [5.74, 6) is 0.543. The van der Waals surface area contributed by atoms with Gasteiger partial charge in [0.25, 0.3) is 0 Å². The van der Waals surface area contributed by atoms with Crippen molar-refractivity contribution in [2.45, 2.75) is 64.4 Å². The monoisotopic (exact) mass is 229 g/mol. The van der Waals surface area contributed by atoms with Crippen LogP contribution in [-0.2, 0) is 4.89 Å². The molecule has 2 rings (SSSR count). The summed E-state index contributed by atoms with van der Waals surface area (Å²) in [7, 11) is 0. The van der Waals surface area contributed by atoms with Crippen LogP contribution in [0.2, 0.25) is 0 Å². The zero-order valence-electron chi connectivity index (χ0n) is 10.8. The maximum atomic E-state index is 8.65. The lowest BCUT2D eigenvalue weighted by Gasteiger charge is -2.33. The van der Waals surface area contributed by atoms with E-state index in [1.54, 1.807) is 0 Å². The van der Waals surface area contributed by atoms with Crippen LogP contribution in [0.5, 0.6) is 0 Å². The first kappa shape index (κ1) is 13.9. The number of rotatable bonds is 2. The Morgan fingerprint density at radius 2 is 1.56 bits per heavy atom. The van der Waals surface area contributed by atoms with Crippen LogP contribution in [0, 0.1) is 5.92 Å². The zero-order valence-corrected chi connectivity index (χ0v) is 10.8. The van der Waals surface area contributed by atoms with Crippen LogP contribution in [0.15, 0.2) is 0 Å². The summed E-state index contributed by atoms with van der Waals surface area (Å²) >= 11 is 0. The topological polar surface area (TPSA) is 41.5 Å². The van der Waals surface area contributed by atoms with E-state index in [0.717, 1.165) is 0 Å². The Kier molecular flexibility index (Phi) is 6.32. The summed E-state index contributed by atoms with van der Waals surface area (Å²) in [5, 5.41) is 11.9. The molecule has 2 N–H and O–H groups in total. The molecule has 0 unspecified atom stereocenters. The van der Waals surface area contributed by atoms with E-state index < -0.39 is 0 Å². The Morgan fingerprint density at radius 1 is 1.00 bits per heavy atom. The van der Waals surface area contributed by atoms with Crippen molar-refractivity contribution in [2.24, 2.45) is 5.92 Å². The average Bonchev–Trinajstić information content (AvgIpc) is 2.89. The molecule has 2 fully saturated rings. The summed E-state index contributed by atoms with van der Waals surface area (Å²) in [5.41, 5.74) is -0.333. The lowest BCUT2D eigenvalue weighted by molar-refractivity contribution is -0.328. The maximum Gasteiger partial charge on any atom is 0.100 e. The highest BCUT2D eigenvalue weighted by molar-refractivity contribution is 4.80. The molecule has 1 saturated carbocycles. The van der Waals surface area contributed by atoms with Gasteiger partial charge >= 0.3 is 0 Å². The summed E-state index contributed by atoms with van der Waals surface area (Å²) in [6, 6.07) is 0. The van der Waals surface area contributed by atoms with Crippen LogP contribution in [0.4, 0.5) is 0 Å². The van der Waals surface area contributed by atoms with E-state index in [9.17, 15) is 0 Å². The molecule has 3 nitrogen and oxygen atoms in total. The first-order chi connectivity index (χ1) is 7.67. The van der Waals surface area contributed by atoms with E-state index >= 15 is 0 Å². The molecule has 0 bridgehead atoms. The molecular weight excluding hydrogens is 202 g/mol. The van der Waals surface area contributed by atoms with Gasteiger partial charge in [-0.25, -0.2) is 4.89 Å². The molecule has 0 aromatic heterocycles. The second-order valence-corrected chi connectivity index (χ2v) is 5.49. The van der Waals surface area contributed by atoms with Gasteiger partial charge in [0.2, 0.25) is 0 Å². The molecule has 1 heterocycles. The molecule has 1 aliphatic heterocycles. The molecule has 3 heteroatoms. The van der Waals surface area contributed by atoms with Gasteiger partial charge in [0.15, 0.2) is 0 Å². The molecule has 0 aromatic carbocycles. The molecule has 0 amide bonds. The molecular formula is C13H27NO2. The second-order valence-electron chi connectivity index (χ2n) is 5.49. The highest BCUT2D eigenvalue weighted by Gasteiger charge is 2.31. The Morgan fingerprint density at radius 3 is 1.94 bits per heavy atom. The predicted octanol–water partition coefficient (Wildman–Crippen LogP) is 3.20. The van der Waals surface area contributed by atoms with Crippen LogP contribution >= 0.6 is 0 Å². The van der Waals surface area contributed by atoms with Crippen molar-refractivity contribution in [3.05, 3.63) is 0 Å². The number of hydrogen-bond acceptors (Lipinski definition) is 3. The Hall–Kier alpha value is -0.120. The average molecular weight is 229 g/mol. The molecule has 0 radical (unpaired) electrons. The first-order valence-corrected chi connectivity index (χ1v) is 6.70. The lowest BCUT2D eigenvalue weighted by Crippen LogP contribution is -2.34. The molecule has 0 spiro atoms. The molecule has 1 saturated heterocycles. The van der Waals surface area contributed by atoms with Crippen molar-refractivity contribution < 1.29 is 10.1 Å². The van der Waals surface area contributed by atoms with Gasteiger partial charge in [0, 0.05) is 0 Å². The third kappa shape index (κ3) is 4.81. The highest BCUT2D eigenvalue weighted by atomic mass is 17.1. The molecule has 2 aliphatic rings. The molecule has 0 aromatic rings. The van der Waals surface area contributed by atoms with Gasteiger partial charge in [0.1, 0.15) is 5.60 Å². The summed E-state index contributed by atoms with van der Waals surface area (Å²) in [6.45, 7) is 6.42. The number of hydrogen-bond donors (Lipinski definition) is 2. The minimum atomic E-state index is -0.333. The van der Waals surface area contributed by atoms with E-state index in [0.29, 0.717) is 5.92 Å². The fraction of sp³-hybridized carbons (Fsp3) is 1.00. The van der Waals surface area contributed by atoms with Crippen LogP contribution in [0.1, 0.15) is 58.8 Å². The third-order valence-corrected chi connectivity index (χ3v) is 3.78. The van der Waals surface area contributed by atoms with Crippen LogP contribution in [-0.4, -0.2) is 23.9 Å². The van der Waals surface area contributed by atoms with Gasteiger partial charge in [-0.1, -0.05) is 19.3 Å². The minimum absolute atomic E-state index is 0.333. The molecule has 96 valence electrons. The van der Waals surface area contributed by atoms with Crippen LogP contribution in [0.3, 0.4) is 0 Å². The summed E-state index contributed by atoms with van der Waals surface area (Å²) in [4.78, 5) is 4.48. The van der Waals surface area contributed by atoms with E-state index in [-0.39, 0.29) is 5.60 Å². The minimum Gasteiger partial charge on any atom is -0.317 e. The zero-order chi connectivity index (χ0) is 11.9. The van der Waals surface area contributed by atoms with E-state index in [2.05, 4.69) is 10.2 Å². The molecule has 16 heavy (non-hydrogen) atoms. The van der Waals surface area contributed by atoms with Crippen molar-refractivity contribution in [3.63, 3.8) is 0 Å². The second kappa shape index (κ2) is 7.25. The van der Waals surface area contributed by atoms with Crippen molar-refractivity contribution in [2.75, 3.05) is 13.1 Å². The quantitative estimate of drug-likeness (QED) is 0.564. The van der Waals surface area contributed by atoms with E-state index in [1.165, 1.54) is 58.0 Å². The summed E-state index contributed by atoms with van der Waals surface area (Å²) in [6.07, 6.45) is 9.11. The Bertz CT molecular complexity index is 165. The maximum absolute atomic E-state index is 8.65. The smallest absolute Gasteiger partial charge is 0.100 e. The third-order valence-electron chi connectivity index (χ3n) is 3.78. The van der Waals surface area contributed by atoms with Crippen molar-refractivity contribution in [1.82, 2.24) is 5.32 Å². The van der Waals surface area contributed by atoms with Crippen molar-refractivity contribution >= 4 is 0 Å². The van der Waals surface area contributed by atoms with Crippen molar-refractivity contribution in [3.8, 4) is 0 Å². The van der Waals surface area contributed by atoms with Gasteiger partial charge in [-0.2, -0.15) is 0 Å². The van der Waals surface area contributed by atoms with E-state index in [1.807, 2.05) is 13.8 Å². The first-order valence-electron chi connectivity index (χ1n) is 6.70. The van der Waals surface area contributed by atoms with Crippen LogP contribution in [0.25, 0.3) is 0 Å². The highest BCUT2D eigenvalue weighted by Crippen LogP contribution is 2.33. The largest absolute Gasteiger partial charge is 0.317 e. The van der Waals surface area contributed by atoms with Gasteiger partial charge < -0.3 is 5.32 Å². The Labute approximate surface area is 99.5 Å². The lowest BCUT2D eigenvalue weighted by atomic mass is 9.79. The van der Waals surface area contributed by atoms with Gasteiger partial charge in [-0.15, -0.1) is 0 Å². The van der Waals surface area contributed by atoms with Crippen molar-refractivity contribution in [1.29, 1.82) is 0 Å². The Balaban J connectivity index is 0.000000212. The normalized spacial score (nSPS) is 22.7. The fourth-order valence-corrected chi connectivity index (χ4v) is 2.50. The standard InChI is InChI=1S/C9H18O2.C4H9N/c1-9(2,11-10)8-6-4-3-5-7-8;1-2-4-5-3-1/h8,10H,3-7H2,1-2H3;5H,1-4H2. The number of nitrogens with one attached hydrogen (secondary N) is 1. The van der Waals surface area contributed by atoms with Gasteiger partial charge in [0.05, 0.1) is 0 Å².